The zero-order valence-corrected chi connectivity index (χ0v) is 11.8. The van der Waals surface area contributed by atoms with E-state index < -0.39 is 5.97 Å². The van der Waals surface area contributed by atoms with Crippen LogP contribution in [-0.2, 0) is 11.2 Å². The second-order valence-corrected chi connectivity index (χ2v) is 5.70. The number of rotatable bonds is 5. The highest BCUT2D eigenvalue weighted by Gasteiger charge is 2.15. The average molecular weight is 276 g/mol. The van der Waals surface area contributed by atoms with E-state index in [1.165, 1.54) is 0 Å². The van der Waals surface area contributed by atoms with Crippen molar-refractivity contribution < 1.29 is 9.90 Å². The molecule has 0 saturated carbocycles. The van der Waals surface area contributed by atoms with E-state index in [4.69, 9.17) is 5.11 Å². The molecule has 1 N–H and O–H groups in total. The molecule has 2 rings (SSSR count). The number of aromatic nitrogens is 2. The van der Waals surface area contributed by atoms with Crippen molar-refractivity contribution in [1.82, 2.24) is 9.97 Å². The summed E-state index contributed by atoms with van der Waals surface area (Å²) < 4.78 is 0. The summed E-state index contributed by atoms with van der Waals surface area (Å²) in [7, 11) is 0. The fourth-order valence-electron chi connectivity index (χ4n) is 1.83. The zero-order chi connectivity index (χ0) is 13.8. The number of carbonyl (C=O) groups is 1. The van der Waals surface area contributed by atoms with Crippen molar-refractivity contribution in [3.05, 3.63) is 35.1 Å². The molecule has 2 aromatic rings. The molecule has 0 atom stereocenters. The van der Waals surface area contributed by atoms with Crippen LogP contribution in [0.2, 0.25) is 0 Å². The lowest BCUT2D eigenvalue weighted by molar-refractivity contribution is -0.136. The van der Waals surface area contributed by atoms with E-state index in [9.17, 15) is 4.79 Å². The molecule has 0 aliphatic heterocycles. The van der Waals surface area contributed by atoms with Crippen molar-refractivity contribution in [2.45, 2.75) is 32.6 Å². The van der Waals surface area contributed by atoms with Gasteiger partial charge in [-0.2, -0.15) is 0 Å². The molecule has 0 radical (unpaired) electrons. The van der Waals surface area contributed by atoms with E-state index in [1.54, 1.807) is 23.7 Å². The number of hydrogen-bond donors (Lipinski definition) is 1. The number of aryl methyl sites for hydroxylation is 1. The highest BCUT2D eigenvalue weighted by molar-refractivity contribution is 7.15. The molecule has 0 aliphatic carbocycles. The molecule has 2 heterocycles. The molecule has 0 aliphatic rings. The van der Waals surface area contributed by atoms with Crippen LogP contribution in [0.3, 0.4) is 0 Å². The molecule has 2 aromatic heterocycles. The predicted octanol–water partition coefficient (Wildman–Crippen LogP) is 3.35. The van der Waals surface area contributed by atoms with Crippen LogP contribution in [0.5, 0.6) is 0 Å². The lowest BCUT2D eigenvalue weighted by atomic mass is 10.1. The highest BCUT2D eigenvalue weighted by atomic mass is 32.1. The largest absolute Gasteiger partial charge is 0.481 e. The lowest BCUT2D eigenvalue weighted by Crippen LogP contribution is -1.99. The van der Waals surface area contributed by atoms with E-state index in [-0.39, 0.29) is 6.42 Å². The Morgan fingerprint density at radius 3 is 2.63 bits per heavy atom. The predicted molar refractivity (Wildman–Crippen MR) is 75.4 cm³/mol. The fourth-order valence-corrected chi connectivity index (χ4v) is 3.05. The summed E-state index contributed by atoms with van der Waals surface area (Å²) in [6, 6.07) is 3.84. The van der Waals surface area contributed by atoms with Crippen molar-refractivity contribution in [3.63, 3.8) is 0 Å². The van der Waals surface area contributed by atoms with Gasteiger partial charge >= 0.3 is 5.97 Å². The number of carboxylic acids is 1. The molecule has 4 nitrogen and oxygen atoms in total. The molecular formula is C14H16N2O2S. The standard InChI is InChI=1S/C14H16N2O2S/c1-9(2)13-11(3-4-12(17)18)19-14(16-13)10-5-7-15-8-6-10/h5-9H,3-4H2,1-2H3,(H,17,18). The Morgan fingerprint density at radius 1 is 1.37 bits per heavy atom. The summed E-state index contributed by atoms with van der Waals surface area (Å²) in [5.41, 5.74) is 2.04. The van der Waals surface area contributed by atoms with Gasteiger partial charge in [-0.15, -0.1) is 11.3 Å². The molecule has 0 aromatic carbocycles. The van der Waals surface area contributed by atoms with Crippen LogP contribution in [0, 0.1) is 0 Å². The Balaban J connectivity index is 2.32. The molecule has 0 bridgehead atoms. The number of nitrogens with zero attached hydrogens (tertiary/aromatic N) is 2. The first kappa shape index (κ1) is 13.7. The minimum Gasteiger partial charge on any atom is -0.481 e. The quantitative estimate of drug-likeness (QED) is 0.909. The second-order valence-electron chi connectivity index (χ2n) is 4.61. The molecule has 0 unspecified atom stereocenters. The molecule has 19 heavy (non-hydrogen) atoms. The van der Waals surface area contributed by atoms with Crippen LogP contribution in [0.1, 0.15) is 36.8 Å². The molecule has 0 amide bonds. The van der Waals surface area contributed by atoms with Gasteiger partial charge < -0.3 is 5.11 Å². The van der Waals surface area contributed by atoms with Crippen LogP contribution >= 0.6 is 11.3 Å². The Hall–Kier alpha value is -1.75. The van der Waals surface area contributed by atoms with Gasteiger partial charge in [0.1, 0.15) is 5.01 Å². The molecule has 0 saturated heterocycles. The Kier molecular flexibility index (Phi) is 4.27. The van der Waals surface area contributed by atoms with E-state index >= 15 is 0 Å². The van der Waals surface area contributed by atoms with E-state index in [2.05, 4.69) is 23.8 Å². The number of pyridine rings is 1. The van der Waals surface area contributed by atoms with Crippen LogP contribution in [-0.4, -0.2) is 21.0 Å². The topological polar surface area (TPSA) is 63.1 Å². The van der Waals surface area contributed by atoms with Gasteiger partial charge in [0.15, 0.2) is 0 Å². The normalized spacial score (nSPS) is 10.9. The first-order valence-corrected chi connectivity index (χ1v) is 7.01. The van der Waals surface area contributed by atoms with Gasteiger partial charge in [0.2, 0.25) is 0 Å². The number of carboxylic acid groups (broad SMARTS) is 1. The molecule has 5 heteroatoms. The van der Waals surface area contributed by atoms with Crippen molar-refractivity contribution >= 4 is 17.3 Å². The van der Waals surface area contributed by atoms with Gasteiger partial charge in [0.25, 0.3) is 0 Å². The maximum Gasteiger partial charge on any atom is 0.303 e. The van der Waals surface area contributed by atoms with Gasteiger partial charge in [-0.25, -0.2) is 4.98 Å². The van der Waals surface area contributed by atoms with Gasteiger partial charge in [-0.3, -0.25) is 9.78 Å². The number of aliphatic carboxylic acids is 1. The summed E-state index contributed by atoms with van der Waals surface area (Å²) in [5.74, 6) is -0.468. The molecular weight excluding hydrogens is 260 g/mol. The summed E-state index contributed by atoms with van der Waals surface area (Å²) in [6.45, 7) is 4.16. The lowest BCUT2D eigenvalue weighted by Gasteiger charge is -2.03. The summed E-state index contributed by atoms with van der Waals surface area (Å²) in [5, 5.41) is 9.74. The third kappa shape index (κ3) is 3.38. The van der Waals surface area contributed by atoms with Crippen LogP contribution in [0.25, 0.3) is 10.6 Å². The van der Waals surface area contributed by atoms with Crippen molar-refractivity contribution in [2.75, 3.05) is 0 Å². The summed E-state index contributed by atoms with van der Waals surface area (Å²) in [6.07, 6.45) is 4.18. The maximum atomic E-state index is 10.7. The molecule has 0 spiro atoms. The summed E-state index contributed by atoms with van der Waals surface area (Å²) >= 11 is 1.58. The van der Waals surface area contributed by atoms with Crippen molar-refractivity contribution in [2.24, 2.45) is 0 Å². The second kappa shape index (κ2) is 5.93. The highest BCUT2D eigenvalue weighted by Crippen LogP contribution is 2.32. The van der Waals surface area contributed by atoms with Crippen molar-refractivity contribution in [1.29, 1.82) is 0 Å². The average Bonchev–Trinajstić information content (AvgIpc) is 2.81. The molecule has 0 fully saturated rings. The third-order valence-electron chi connectivity index (χ3n) is 2.77. The van der Waals surface area contributed by atoms with Crippen LogP contribution < -0.4 is 0 Å². The maximum absolute atomic E-state index is 10.7. The first-order valence-electron chi connectivity index (χ1n) is 6.19. The Morgan fingerprint density at radius 2 is 2.05 bits per heavy atom. The minimum atomic E-state index is -0.770. The minimum absolute atomic E-state index is 0.150. The third-order valence-corrected chi connectivity index (χ3v) is 3.95. The van der Waals surface area contributed by atoms with Gasteiger partial charge in [-0.1, -0.05) is 13.8 Å². The SMILES string of the molecule is CC(C)c1nc(-c2ccncc2)sc1CCC(=O)O. The monoisotopic (exact) mass is 276 g/mol. The van der Waals surface area contributed by atoms with Gasteiger partial charge in [0, 0.05) is 22.8 Å². The zero-order valence-electron chi connectivity index (χ0n) is 11.0. The van der Waals surface area contributed by atoms with E-state index in [0.717, 1.165) is 21.1 Å². The first-order chi connectivity index (χ1) is 9.08. The van der Waals surface area contributed by atoms with E-state index in [0.29, 0.717) is 12.3 Å². The Bertz CT molecular complexity index is 564. The number of thiazole rings is 1. The van der Waals surface area contributed by atoms with Crippen molar-refractivity contribution in [3.8, 4) is 10.6 Å². The van der Waals surface area contributed by atoms with Gasteiger partial charge in [-0.05, 0) is 24.5 Å². The van der Waals surface area contributed by atoms with Crippen LogP contribution in [0.15, 0.2) is 24.5 Å². The van der Waals surface area contributed by atoms with Crippen LogP contribution in [0.4, 0.5) is 0 Å². The smallest absolute Gasteiger partial charge is 0.303 e. The van der Waals surface area contributed by atoms with Gasteiger partial charge in [0.05, 0.1) is 12.1 Å². The summed E-state index contributed by atoms with van der Waals surface area (Å²) in [4.78, 5) is 20.4. The fraction of sp³-hybridized carbons (Fsp3) is 0.357. The molecule has 100 valence electrons. The number of hydrogen-bond acceptors (Lipinski definition) is 4. The van der Waals surface area contributed by atoms with E-state index in [1.807, 2.05) is 12.1 Å². The Labute approximate surface area is 116 Å².